The Bertz CT molecular complexity index is 941. The van der Waals surface area contributed by atoms with Crippen LogP contribution in [0.1, 0.15) is 36.8 Å². The fraction of sp³-hybridized carbons (Fsp3) is 0.348. The Morgan fingerprint density at radius 1 is 1.11 bits per heavy atom. The molecule has 4 rings (SSSR count). The van der Waals surface area contributed by atoms with Gasteiger partial charge in [0.2, 0.25) is 0 Å². The zero-order chi connectivity index (χ0) is 19.9. The van der Waals surface area contributed by atoms with Gasteiger partial charge in [0.25, 0.3) is 5.91 Å². The van der Waals surface area contributed by atoms with Gasteiger partial charge in [0.1, 0.15) is 11.6 Å². The van der Waals surface area contributed by atoms with Crippen molar-refractivity contribution in [2.45, 2.75) is 38.1 Å². The number of carbonyl (C=O) groups excluding carboxylic acids is 1. The molecule has 0 bridgehead atoms. The predicted molar refractivity (Wildman–Crippen MR) is 106 cm³/mol. The van der Waals surface area contributed by atoms with Gasteiger partial charge in [-0.25, -0.2) is 4.39 Å². The van der Waals surface area contributed by atoms with Gasteiger partial charge < -0.3 is 15.5 Å². The first kappa shape index (κ1) is 18.7. The van der Waals surface area contributed by atoms with E-state index < -0.39 is 5.54 Å². The highest BCUT2D eigenvalue weighted by Crippen LogP contribution is 2.43. The van der Waals surface area contributed by atoms with E-state index in [4.69, 9.17) is 0 Å². The van der Waals surface area contributed by atoms with Gasteiger partial charge in [0.05, 0.1) is 11.1 Å². The number of aliphatic hydroxyl groups excluding tert-OH is 2. The number of hydrogen-bond acceptors (Lipinski definition) is 3. The van der Waals surface area contributed by atoms with Crippen LogP contribution in [-0.4, -0.2) is 28.3 Å². The Morgan fingerprint density at radius 2 is 1.75 bits per heavy atom. The Hall–Kier alpha value is -2.66. The molecule has 0 atom stereocenters. The standard InChI is InChI=1S/C23H24FNO3/c1-14-2-3-17(16-4-6-18(24)7-5-16)12-19(14)20-21(27)23(25-22(20)28)10-8-15(13-26)9-11-23/h2-7,12,15,26-27H,8-11,13H2,1H3,(H,25,28). The highest BCUT2D eigenvalue weighted by Gasteiger charge is 2.47. The molecule has 1 amide bonds. The molecule has 0 radical (unpaired) electrons. The normalized spacial score (nSPS) is 24.7. The summed E-state index contributed by atoms with van der Waals surface area (Å²) >= 11 is 0. The van der Waals surface area contributed by atoms with E-state index in [0.717, 1.165) is 29.5 Å². The molecule has 4 nitrogen and oxygen atoms in total. The van der Waals surface area contributed by atoms with Crippen molar-refractivity contribution in [2.75, 3.05) is 6.61 Å². The van der Waals surface area contributed by atoms with Crippen LogP contribution in [0.2, 0.25) is 0 Å². The van der Waals surface area contributed by atoms with Gasteiger partial charge in [0.15, 0.2) is 0 Å². The van der Waals surface area contributed by atoms with Gasteiger partial charge >= 0.3 is 0 Å². The third-order valence-corrected chi connectivity index (χ3v) is 6.17. The van der Waals surface area contributed by atoms with Crippen molar-refractivity contribution >= 4 is 11.5 Å². The van der Waals surface area contributed by atoms with Gasteiger partial charge in [-0.2, -0.15) is 0 Å². The van der Waals surface area contributed by atoms with Crippen LogP contribution in [0.25, 0.3) is 16.7 Å². The first-order chi connectivity index (χ1) is 13.4. The second-order valence-corrected chi connectivity index (χ2v) is 7.92. The molecular formula is C23H24FNO3. The lowest BCUT2D eigenvalue weighted by Gasteiger charge is -2.36. The first-order valence-electron chi connectivity index (χ1n) is 9.67. The maximum absolute atomic E-state index is 13.2. The Labute approximate surface area is 163 Å². The highest BCUT2D eigenvalue weighted by atomic mass is 19.1. The number of nitrogens with one attached hydrogen (secondary N) is 1. The van der Waals surface area contributed by atoms with Crippen molar-refractivity contribution in [2.24, 2.45) is 5.92 Å². The smallest absolute Gasteiger partial charge is 0.256 e. The lowest BCUT2D eigenvalue weighted by atomic mass is 9.76. The molecule has 1 spiro atoms. The number of amides is 1. The average molecular weight is 381 g/mol. The van der Waals surface area contributed by atoms with E-state index in [0.29, 0.717) is 24.0 Å². The summed E-state index contributed by atoms with van der Waals surface area (Å²) in [5.74, 6) is -0.234. The van der Waals surface area contributed by atoms with Crippen molar-refractivity contribution in [1.82, 2.24) is 5.32 Å². The van der Waals surface area contributed by atoms with Crippen molar-refractivity contribution < 1.29 is 19.4 Å². The summed E-state index contributed by atoms with van der Waals surface area (Å²) in [6, 6.07) is 11.9. The lowest BCUT2D eigenvalue weighted by Crippen LogP contribution is -2.47. The van der Waals surface area contributed by atoms with Crippen LogP contribution in [0, 0.1) is 18.7 Å². The number of benzene rings is 2. The van der Waals surface area contributed by atoms with Crippen molar-refractivity contribution in [3.63, 3.8) is 0 Å². The van der Waals surface area contributed by atoms with E-state index in [1.807, 2.05) is 25.1 Å². The number of halogens is 1. The van der Waals surface area contributed by atoms with Crippen LogP contribution in [-0.2, 0) is 4.79 Å². The zero-order valence-electron chi connectivity index (χ0n) is 15.8. The lowest BCUT2D eigenvalue weighted by molar-refractivity contribution is -0.116. The summed E-state index contributed by atoms with van der Waals surface area (Å²) in [5.41, 5.74) is 2.89. The monoisotopic (exact) mass is 381 g/mol. The van der Waals surface area contributed by atoms with Crippen molar-refractivity contribution in [1.29, 1.82) is 0 Å². The van der Waals surface area contributed by atoms with Gasteiger partial charge in [-0.15, -0.1) is 0 Å². The number of aryl methyl sites for hydroxylation is 1. The van der Waals surface area contributed by atoms with Crippen LogP contribution in [0.15, 0.2) is 48.2 Å². The molecule has 2 aromatic carbocycles. The summed E-state index contributed by atoms with van der Waals surface area (Å²) in [7, 11) is 0. The van der Waals surface area contributed by atoms with Crippen LogP contribution in [0.5, 0.6) is 0 Å². The topological polar surface area (TPSA) is 69.6 Å². The van der Waals surface area contributed by atoms with Crippen LogP contribution >= 0.6 is 0 Å². The van der Waals surface area contributed by atoms with Crippen LogP contribution < -0.4 is 5.32 Å². The predicted octanol–water partition coefficient (Wildman–Crippen LogP) is 4.12. The first-order valence-corrected chi connectivity index (χ1v) is 9.67. The fourth-order valence-corrected chi connectivity index (χ4v) is 4.36. The third-order valence-electron chi connectivity index (χ3n) is 6.17. The van der Waals surface area contributed by atoms with Crippen LogP contribution in [0.4, 0.5) is 4.39 Å². The third kappa shape index (κ3) is 3.10. The molecule has 1 saturated carbocycles. The van der Waals surface area contributed by atoms with E-state index in [-0.39, 0.29) is 30.0 Å². The minimum atomic E-state index is -0.726. The van der Waals surface area contributed by atoms with Gasteiger partial charge in [-0.3, -0.25) is 4.79 Å². The van der Waals surface area contributed by atoms with E-state index in [1.165, 1.54) is 12.1 Å². The molecule has 5 heteroatoms. The number of carbonyl (C=O) groups is 1. The van der Waals surface area contributed by atoms with E-state index in [9.17, 15) is 19.4 Å². The molecule has 1 fully saturated rings. The average Bonchev–Trinajstić information content (AvgIpc) is 2.93. The largest absolute Gasteiger partial charge is 0.509 e. The Kier molecular flexibility index (Phi) is 4.71. The molecule has 1 aliphatic carbocycles. The molecule has 146 valence electrons. The van der Waals surface area contributed by atoms with Crippen LogP contribution in [0.3, 0.4) is 0 Å². The van der Waals surface area contributed by atoms with Crippen molar-refractivity contribution in [3.05, 3.63) is 65.2 Å². The summed E-state index contributed by atoms with van der Waals surface area (Å²) in [6.45, 7) is 2.05. The summed E-state index contributed by atoms with van der Waals surface area (Å²) in [4.78, 5) is 12.8. The molecule has 3 N–H and O–H groups in total. The second kappa shape index (κ2) is 7.06. The van der Waals surface area contributed by atoms with E-state index in [1.54, 1.807) is 12.1 Å². The number of hydrogen-bond donors (Lipinski definition) is 3. The SMILES string of the molecule is Cc1ccc(-c2ccc(F)cc2)cc1C1=C(O)C2(CCC(CO)CC2)NC1=O. The molecule has 2 aromatic rings. The minimum absolute atomic E-state index is 0.105. The van der Waals surface area contributed by atoms with Gasteiger partial charge in [0, 0.05) is 6.61 Å². The maximum Gasteiger partial charge on any atom is 0.256 e. The summed E-state index contributed by atoms with van der Waals surface area (Å²) < 4.78 is 13.2. The Morgan fingerprint density at radius 3 is 2.39 bits per heavy atom. The van der Waals surface area contributed by atoms with E-state index >= 15 is 0 Å². The van der Waals surface area contributed by atoms with Gasteiger partial charge in [-0.1, -0.05) is 24.3 Å². The van der Waals surface area contributed by atoms with Gasteiger partial charge in [-0.05, 0) is 79.0 Å². The number of aliphatic hydroxyl groups is 2. The maximum atomic E-state index is 13.2. The molecule has 2 aliphatic rings. The Balaban J connectivity index is 1.74. The molecule has 1 aliphatic heterocycles. The molecule has 0 saturated heterocycles. The second-order valence-electron chi connectivity index (χ2n) is 7.92. The highest BCUT2D eigenvalue weighted by molar-refractivity contribution is 6.23. The summed E-state index contributed by atoms with van der Waals surface area (Å²) in [5, 5.41) is 23.4. The molecule has 0 unspecified atom stereocenters. The zero-order valence-corrected chi connectivity index (χ0v) is 15.8. The van der Waals surface area contributed by atoms with Crippen molar-refractivity contribution in [3.8, 4) is 11.1 Å². The molecule has 28 heavy (non-hydrogen) atoms. The van der Waals surface area contributed by atoms with E-state index in [2.05, 4.69) is 5.32 Å². The summed E-state index contributed by atoms with van der Waals surface area (Å²) in [6.07, 6.45) is 2.78. The quantitative estimate of drug-likeness (QED) is 0.749. The fourth-order valence-electron chi connectivity index (χ4n) is 4.36. The molecule has 0 aromatic heterocycles. The molecule has 1 heterocycles. The number of rotatable bonds is 3. The minimum Gasteiger partial charge on any atom is -0.509 e. The molecular weight excluding hydrogens is 357 g/mol.